The number of fused-ring (bicyclic) bond motifs is 1. The second-order valence-corrected chi connectivity index (χ2v) is 12.6. The normalized spacial score (nSPS) is 18.4. The van der Waals surface area contributed by atoms with Gasteiger partial charge in [0.05, 0.1) is 23.5 Å². The number of hydrogen-bond donors (Lipinski definition) is 3. The molecule has 1 aliphatic heterocycles. The van der Waals surface area contributed by atoms with Gasteiger partial charge >= 0.3 is 5.97 Å². The third kappa shape index (κ3) is 6.75. The minimum atomic E-state index is -1.04. The molecule has 40 heavy (non-hydrogen) atoms. The maximum absolute atomic E-state index is 13.6. The van der Waals surface area contributed by atoms with Crippen LogP contribution in [-0.2, 0) is 14.9 Å². The highest BCUT2D eigenvalue weighted by atomic mass is 32.1. The van der Waals surface area contributed by atoms with Crippen molar-refractivity contribution < 1.29 is 24.5 Å². The lowest BCUT2D eigenvalue weighted by molar-refractivity contribution is -0.148. The fourth-order valence-electron chi connectivity index (χ4n) is 4.11. The predicted molar refractivity (Wildman–Crippen MR) is 154 cm³/mol. The highest BCUT2D eigenvalue weighted by molar-refractivity contribution is 7.14. The van der Waals surface area contributed by atoms with Crippen molar-refractivity contribution in [3.63, 3.8) is 0 Å². The quantitative estimate of drug-likeness (QED) is 0.312. The Bertz CT molecular complexity index is 1510. The monoisotopic (exact) mass is 569 g/mol. The summed E-state index contributed by atoms with van der Waals surface area (Å²) in [7, 11) is 0. The van der Waals surface area contributed by atoms with Gasteiger partial charge in [0.1, 0.15) is 17.1 Å². The molecule has 1 aliphatic rings. The topological polar surface area (TPSA) is 146 Å². The Morgan fingerprint density at radius 2 is 1.88 bits per heavy atom. The third-order valence-corrected chi connectivity index (χ3v) is 7.00. The van der Waals surface area contributed by atoms with Crippen molar-refractivity contribution in [2.75, 3.05) is 23.3 Å². The summed E-state index contributed by atoms with van der Waals surface area (Å²) in [4.78, 5) is 49.8. The number of piperidine rings is 1. The number of nitrogens with one attached hydrogen (secondary N) is 1. The molecule has 2 atom stereocenters. The van der Waals surface area contributed by atoms with Crippen LogP contribution in [0.15, 0.2) is 34.6 Å². The number of pyridine rings is 1. The zero-order valence-corrected chi connectivity index (χ0v) is 24.3. The Kier molecular flexibility index (Phi) is 8.16. The van der Waals surface area contributed by atoms with Gasteiger partial charge < -0.3 is 19.8 Å². The SMILES string of the molecule is CC(C)(C)OC(=O)/C=C/c1c(N2CCC(O)C(O)C2)nc2cc(C(=O)Nc3nc(C(C)(C)C)cs3)ccn2c1=O. The van der Waals surface area contributed by atoms with E-state index in [0.717, 1.165) is 11.8 Å². The van der Waals surface area contributed by atoms with E-state index in [4.69, 9.17) is 4.74 Å². The first-order valence-corrected chi connectivity index (χ1v) is 13.9. The van der Waals surface area contributed by atoms with Gasteiger partial charge in [-0.2, -0.15) is 0 Å². The molecule has 1 amide bonds. The van der Waals surface area contributed by atoms with Gasteiger partial charge in [-0.25, -0.2) is 14.8 Å². The Balaban J connectivity index is 1.72. The summed E-state index contributed by atoms with van der Waals surface area (Å²) >= 11 is 1.33. The van der Waals surface area contributed by atoms with Crippen LogP contribution in [0.25, 0.3) is 11.7 Å². The fourth-order valence-corrected chi connectivity index (χ4v) is 5.04. The minimum absolute atomic E-state index is 0.0391. The number of aliphatic hydroxyl groups excluding tert-OH is 2. The molecule has 214 valence electrons. The molecular weight excluding hydrogens is 534 g/mol. The molecule has 2 unspecified atom stereocenters. The minimum Gasteiger partial charge on any atom is -0.457 e. The van der Waals surface area contributed by atoms with E-state index >= 15 is 0 Å². The summed E-state index contributed by atoms with van der Waals surface area (Å²) in [5.74, 6) is -0.803. The first-order chi connectivity index (χ1) is 18.6. The summed E-state index contributed by atoms with van der Waals surface area (Å²) in [5.41, 5.74) is 0.123. The predicted octanol–water partition coefficient (Wildman–Crippen LogP) is 2.99. The number of hydrogen-bond acceptors (Lipinski definition) is 10. The number of amides is 1. The van der Waals surface area contributed by atoms with E-state index in [0.29, 0.717) is 11.7 Å². The van der Waals surface area contributed by atoms with Crippen LogP contribution in [0.4, 0.5) is 10.9 Å². The van der Waals surface area contributed by atoms with Crippen molar-refractivity contribution in [3.8, 4) is 0 Å². The molecule has 0 radical (unpaired) electrons. The summed E-state index contributed by atoms with van der Waals surface area (Å²) in [5, 5.41) is 25.5. The summed E-state index contributed by atoms with van der Waals surface area (Å²) in [6.07, 6.45) is 2.30. The van der Waals surface area contributed by atoms with E-state index in [1.165, 1.54) is 40.1 Å². The van der Waals surface area contributed by atoms with Gasteiger partial charge in [0.15, 0.2) is 5.13 Å². The van der Waals surface area contributed by atoms with Crippen molar-refractivity contribution in [3.05, 3.63) is 57.0 Å². The van der Waals surface area contributed by atoms with E-state index in [2.05, 4.69) is 15.3 Å². The average molecular weight is 570 g/mol. The average Bonchev–Trinajstić information content (AvgIpc) is 3.33. The van der Waals surface area contributed by atoms with Crippen LogP contribution >= 0.6 is 11.3 Å². The number of carbonyl (C=O) groups is 2. The molecule has 12 heteroatoms. The number of esters is 1. The number of anilines is 2. The number of thiazole rings is 1. The molecule has 11 nitrogen and oxygen atoms in total. The van der Waals surface area contributed by atoms with Crippen molar-refractivity contribution in [1.82, 2.24) is 14.4 Å². The van der Waals surface area contributed by atoms with Gasteiger partial charge in [0, 0.05) is 41.7 Å². The van der Waals surface area contributed by atoms with Crippen molar-refractivity contribution in [2.45, 2.75) is 71.2 Å². The van der Waals surface area contributed by atoms with Gasteiger partial charge in [-0.15, -0.1) is 11.3 Å². The lowest BCUT2D eigenvalue weighted by Gasteiger charge is -2.34. The number of rotatable bonds is 5. The third-order valence-electron chi connectivity index (χ3n) is 6.24. The van der Waals surface area contributed by atoms with Crippen LogP contribution in [0.3, 0.4) is 0 Å². The molecule has 0 aromatic carbocycles. The zero-order valence-electron chi connectivity index (χ0n) is 23.5. The molecule has 4 rings (SSSR count). The standard InChI is InChI=1S/C28H35N5O6S/c1-27(2,3)20-15-40-26(29-20)31-24(37)16-9-12-33-21(13-16)30-23(32-11-10-18(34)19(35)14-32)17(25(33)38)7-8-22(36)39-28(4,5)6/h7-9,12-13,15,18-19,34-35H,10-11,14H2,1-6H3,(H,29,31,37)/b8-7+. The molecule has 3 aromatic heterocycles. The fraction of sp³-hybridized carbons (Fsp3) is 0.464. The van der Waals surface area contributed by atoms with E-state index in [1.54, 1.807) is 25.7 Å². The van der Waals surface area contributed by atoms with Gasteiger partial charge in [-0.05, 0) is 45.4 Å². The molecule has 3 N–H and O–H groups in total. The highest BCUT2D eigenvalue weighted by Gasteiger charge is 2.29. The van der Waals surface area contributed by atoms with Gasteiger partial charge in [0.25, 0.3) is 11.5 Å². The molecule has 4 heterocycles. The van der Waals surface area contributed by atoms with Gasteiger partial charge in [0.2, 0.25) is 0 Å². The Morgan fingerprint density at radius 3 is 2.50 bits per heavy atom. The molecule has 0 bridgehead atoms. The van der Waals surface area contributed by atoms with Crippen LogP contribution in [0.1, 0.15) is 69.6 Å². The van der Waals surface area contributed by atoms with E-state index in [-0.39, 0.29) is 41.0 Å². The van der Waals surface area contributed by atoms with Crippen LogP contribution in [-0.4, -0.2) is 67.4 Å². The molecule has 0 saturated carbocycles. The summed E-state index contributed by atoms with van der Waals surface area (Å²) in [6.45, 7) is 11.7. The smallest absolute Gasteiger partial charge is 0.331 e. The van der Waals surface area contributed by atoms with E-state index < -0.39 is 35.2 Å². The summed E-state index contributed by atoms with van der Waals surface area (Å²) in [6, 6.07) is 3.00. The molecule has 3 aromatic rings. The zero-order chi connectivity index (χ0) is 29.4. The molecular formula is C28H35N5O6S. The highest BCUT2D eigenvalue weighted by Crippen LogP contribution is 2.27. The number of nitrogens with zero attached hydrogens (tertiary/aromatic N) is 4. The van der Waals surface area contributed by atoms with Gasteiger partial charge in [-0.1, -0.05) is 20.8 Å². The second kappa shape index (κ2) is 11.1. The molecule has 0 aliphatic carbocycles. The van der Waals surface area contributed by atoms with Crippen molar-refractivity contribution >= 4 is 45.9 Å². The first-order valence-electron chi connectivity index (χ1n) is 13.0. The number of aliphatic hydroxyl groups is 2. The maximum Gasteiger partial charge on any atom is 0.331 e. The van der Waals surface area contributed by atoms with Crippen molar-refractivity contribution in [1.29, 1.82) is 0 Å². The number of β-amino-alcohol motifs (C(OH)–C–C–N with tert-alkyl or cyclic N) is 1. The second-order valence-electron chi connectivity index (χ2n) is 11.8. The Morgan fingerprint density at radius 1 is 1.15 bits per heavy atom. The lowest BCUT2D eigenvalue weighted by atomic mass is 9.93. The van der Waals surface area contributed by atoms with Crippen LogP contribution in [0.5, 0.6) is 0 Å². The molecule has 0 spiro atoms. The van der Waals surface area contributed by atoms with E-state index in [9.17, 15) is 24.6 Å². The number of ether oxygens (including phenoxy) is 1. The maximum atomic E-state index is 13.6. The lowest BCUT2D eigenvalue weighted by Crippen LogP contribution is -2.47. The summed E-state index contributed by atoms with van der Waals surface area (Å²) < 4.78 is 6.61. The molecule has 1 fully saturated rings. The molecule has 1 saturated heterocycles. The van der Waals surface area contributed by atoms with Crippen LogP contribution < -0.4 is 15.8 Å². The number of carbonyl (C=O) groups excluding carboxylic acids is 2. The largest absolute Gasteiger partial charge is 0.457 e. The van der Waals surface area contributed by atoms with Gasteiger partial charge in [-0.3, -0.25) is 19.3 Å². The van der Waals surface area contributed by atoms with Crippen molar-refractivity contribution in [2.24, 2.45) is 0 Å². The van der Waals surface area contributed by atoms with Crippen LogP contribution in [0, 0.1) is 0 Å². The number of aromatic nitrogens is 3. The Labute approximate surface area is 236 Å². The first kappa shape index (κ1) is 29.4. The Hall–Kier alpha value is -3.61. The van der Waals surface area contributed by atoms with Crippen LogP contribution in [0.2, 0.25) is 0 Å². The van der Waals surface area contributed by atoms with E-state index in [1.807, 2.05) is 26.2 Å².